The number of amides is 1. The lowest BCUT2D eigenvalue weighted by Gasteiger charge is -2.19. The largest absolute Gasteiger partial charge is 0.491 e. The quantitative estimate of drug-likeness (QED) is 0.778. The van der Waals surface area contributed by atoms with Crippen molar-refractivity contribution in [3.05, 3.63) is 46.4 Å². The predicted octanol–water partition coefficient (Wildman–Crippen LogP) is 2.44. The number of carbonyl (C=O) groups excluding carboxylic acids is 1. The molecule has 0 fully saturated rings. The van der Waals surface area contributed by atoms with E-state index >= 15 is 0 Å². The second-order valence-corrected chi connectivity index (χ2v) is 6.50. The summed E-state index contributed by atoms with van der Waals surface area (Å²) < 4.78 is 21.2. The number of fused-ring (bicyclic) bond motifs is 3. The highest BCUT2D eigenvalue weighted by molar-refractivity contribution is 6.31. The molecule has 2 heterocycles. The molecule has 1 amide bonds. The van der Waals surface area contributed by atoms with Gasteiger partial charge in [0.2, 0.25) is 0 Å². The standard InChI is InChI=1S/C18H21ClFN5O2/c1-21-17-12-10-23-25(17)8-3-7-24(2)11-13-15(5-4-14(20)16(13)19)27-9-6-22-18(12)26/h3-5,8,10,21H,6-7,9,11H2,1-2H3,(H,22,26)/b8-3-. The topological polar surface area (TPSA) is 71.4 Å². The summed E-state index contributed by atoms with van der Waals surface area (Å²) in [4.78, 5) is 14.4. The van der Waals surface area contributed by atoms with Gasteiger partial charge in [-0.15, -0.1) is 0 Å². The average molecular weight is 394 g/mol. The van der Waals surface area contributed by atoms with Crippen LogP contribution in [0.5, 0.6) is 5.75 Å². The molecule has 7 nitrogen and oxygen atoms in total. The molecule has 9 heteroatoms. The normalized spacial score (nSPS) is 17.1. The van der Waals surface area contributed by atoms with Gasteiger partial charge in [-0.2, -0.15) is 5.10 Å². The molecule has 0 aliphatic carbocycles. The summed E-state index contributed by atoms with van der Waals surface area (Å²) in [7, 11) is 3.63. The smallest absolute Gasteiger partial charge is 0.256 e. The van der Waals surface area contributed by atoms with E-state index in [0.29, 0.717) is 35.8 Å². The zero-order valence-electron chi connectivity index (χ0n) is 15.1. The molecule has 0 spiro atoms. The number of likely N-dealkylation sites (N-methyl/N-ethyl adjacent to an activating group) is 1. The van der Waals surface area contributed by atoms with Crippen molar-refractivity contribution in [1.29, 1.82) is 0 Å². The van der Waals surface area contributed by atoms with Gasteiger partial charge in [0.1, 0.15) is 29.6 Å². The number of hydrogen-bond donors (Lipinski definition) is 2. The minimum absolute atomic E-state index is 0.0467. The van der Waals surface area contributed by atoms with E-state index in [9.17, 15) is 9.18 Å². The van der Waals surface area contributed by atoms with Gasteiger partial charge in [-0.1, -0.05) is 17.7 Å². The number of nitrogens with zero attached hydrogens (tertiary/aromatic N) is 3. The third-order valence-corrected chi connectivity index (χ3v) is 4.58. The Morgan fingerprint density at radius 1 is 1.41 bits per heavy atom. The maximum Gasteiger partial charge on any atom is 0.256 e. The molecule has 27 heavy (non-hydrogen) atoms. The van der Waals surface area contributed by atoms with Crippen molar-refractivity contribution in [3.8, 4) is 5.75 Å². The van der Waals surface area contributed by atoms with E-state index < -0.39 is 5.82 Å². The number of aromatic nitrogens is 2. The predicted molar refractivity (Wildman–Crippen MR) is 103 cm³/mol. The first kappa shape index (κ1) is 19.2. The molecule has 1 aliphatic heterocycles. The fraction of sp³-hybridized carbons (Fsp3) is 0.333. The highest BCUT2D eigenvalue weighted by atomic mass is 35.5. The van der Waals surface area contributed by atoms with Crippen LogP contribution in [0, 0.1) is 5.82 Å². The second kappa shape index (κ2) is 8.41. The van der Waals surface area contributed by atoms with Crippen LogP contribution < -0.4 is 15.4 Å². The van der Waals surface area contributed by atoms with Crippen molar-refractivity contribution in [2.45, 2.75) is 6.54 Å². The number of carbonyl (C=O) groups is 1. The Morgan fingerprint density at radius 3 is 3.00 bits per heavy atom. The van der Waals surface area contributed by atoms with E-state index in [1.807, 2.05) is 18.0 Å². The first-order valence-electron chi connectivity index (χ1n) is 8.49. The van der Waals surface area contributed by atoms with Gasteiger partial charge in [0.05, 0.1) is 17.8 Å². The summed E-state index contributed by atoms with van der Waals surface area (Å²) in [6.45, 7) is 1.49. The van der Waals surface area contributed by atoms with Gasteiger partial charge < -0.3 is 15.4 Å². The third kappa shape index (κ3) is 4.23. The molecule has 1 aromatic carbocycles. The zero-order chi connectivity index (χ0) is 19.4. The molecule has 0 saturated heterocycles. The van der Waals surface area contributed by atoms with Gasteiger partial charge >= 0.3 is 0 Å². The van der Waals surface area contributed by atoms with E-state index in [1.165, 1.54) is 12.3 Å². The lowest BCUT2D eigenvalue weighted by molar-refractivity contribution is 0.0947. The number of ether oxygens (including phenoxy) is 1. The summed E-state index contributed by atoms with van der Waals surface area (Å²) in [6, 6.07) is 2.84. The molecule has 2 aromatic rings. The number of hydrogen-bond acceptors (Lipinski definition) is 5. The Balaban J connectivity index is 1.91. The molecule has 3 rings (SSSR count). The molecule has 0 radical (unpaired) electrons. The van der Waals surface area contributed by atoms with E-state index in [4.69, 9.17) is 16.3 Å². The summed E-state index contributed by atoms with van der Waals surface area (Å²) in [5, 5.41) is 10.0. The molecule has 2 N–H and O–H groups in total. The van der Waals surface area contributed by atoms with E-state index in [-0.39, 0.29) is 24.1 Å². The van der Waals surface area contributed by atoms with Gasteiger partial charge in [0.15, 0.2) is 0 Å². The first-order chi connectivity index (χ1) is 13.0. The molecule has 0 unspecified atom stereocenters. The van der Waals surface area contributed by atoms with Crippen LogP contribution in [0.2, 0.25) is 5.02 Å². The Labute approximate surface area is 161 Å². The molecule has 0 saturated carbocycles. The van der Waals surface area contributed by atoms with Crippen molar-refractivity contribution in [3.63, 3.8) is 0 Å². The molecular formula is C18H21ClFN5O2. The van der Waals surface area contributed by atoms with Crippen LogP contribution in [0.25, 0.3) is 6.20 Å². The number of anilines is 1. The van der Waals surface area contributed by atoms with Crippen LogP contribution in [0.15, 0.2) is 24.4 Å². The highest BCUT2D eigenvalue weighted by Gasteiger charge is 2.17. The minimum Gasteiger partial charge on any atom is -0.491 e. The molecule has 1 aromatic heterocycles. The summed E-state index contributed by atoms with van der Waals surface area (Å²) in [5.74, 6) is 0.349. The van der Waals surface area contributed by atoms with Crippen LogP contribution in [-0.4, -0.2) is 54.4 Å². The SMILES string of the molecule is CNc1c2cnn1/C=C\CN(C)Cc1c(ccc(F)c1Cl)OCCNC2=O. The monoisotopic (exact) mass is 393 g/mol. The minimum atomic E-state index is -0.489. The first-order valence-corrected chi connectivity index (χ1v) is 8.87. The highest BCUT2D eigenvalue weighted by Crippen LogP contribution is 2.30. The number of rotatable bonds is 1. The van der Waals surface area contributed by atoms with Crippen molar-refractivity contribution >= 4 is 29.5 Å². The Morgan fingerprint density at radius 2 is 2.22 bits per heavy atom. The molecule has 1 aliphatic rings. The van der Waals surface area contributed by atoms with Crippen LogP contribution in [0.4, 0.5) is 10.2 Å². The fourth-order valence-electron chi connectivity index (χ4n) is 2.83. The number of benzene rings is 1. The van der Waals surface area contributed by atoms with Crippen molar-refractivity contribution in [1.82, 2.24) is 20.0 Å². The molecule has 0 atom stereocenters. The van der Waals surface area contributed by atoms with Gasteiger partial charge in [-0.25, -0.2) is 9.07 Å². The molecule has 2 bridgehead atoms. The fourth-order valence-corrected chi connectivity index (χ4v) is 3.05. The molecule has 144 valence electrons. The Kier molecular flexibility index (Phi) is 5.98. The van der Waals surface area contributed by atoms with Gasteiger partial charge in [0.25, 0.3) is 5.91 Å². The van der Waals surface area contributed by atoms with E-state index in [0.717, 1.165) is 0 Å². The lowest BCUT2D eigenvalue weighted by Crippen LogP contribution is -2.28. The molecular weight excluding hydrogens is 373 g/mol. The van der Waals surface area contributed by atoms with Gasteiger partial charge in [-0.3, -0.25) is 9.69 Å². The van der Waals surface area contributed by atoms with Crippen molar-refractivity contribution < 1.29 is 13.9 Å². The summed E-state index contributed by atoms with van der Waals surface area (Å²) in [6.07, 6.45) is 5.17. The van der Waals surface area contributed by atoms with Gasteiger partial charge in [-0.05, 0) is 19.2 Å². The second-order valence-electron chi connectivity index (χ2n) is 6.13. The van der Waals surface area contributed by atoms with Crippen LogP contribution >= 0.6 is 11.6 Å². The van der Waals surface area contributed by atoms with Gasteiger partial charge in [0, 0.05) is 31.9 Å². The average Bonchev–Trinajstić information content (AvgIpc) is 3.06. The Bertz CT molecular complexity index is 868. The third-order valence-electron chi connectivity index (χ3n) is 4.17. The number of nitrogens with one attached hydrogen (secondary N) is 2. The van der Waals surface area contributed by atoms with Crippen molar-refractivity contribution in [2.75, 3.05) is 39.1 Å². The summed E-state index contributed by atoms with van der Waals surface area (Å²) >= 11 is 6.15. The maximum atomic E-state index is 13.9. The van der Waals surface area contributed by atoms with Crippen molar-refractivity contribution in [2.24, 2.45) is 0 Å². The maximum absolute atomic E-state index is 13.9. The van der Waals surface area contributed by atoms with Crippen LogP contribution in [-0.2, 0) is 6.54 Å². The Hall–Kier alpha value is -2.58. The van der Waals surface area contributed by atoms with E-state index in [2.05, 4.69) is 15.7 Å². The lowest BCUT2D eigenvalue weighted by atomic mass is 10.1. The zero-order valence-corrected chi connectivity index (χ0v) is 15.9. The van der Waals surface area contributed by atoms with Crippen LogP contribution in [0.1, 0.15) is 15.9 Å². The van der Waals surface area contributed by atoms with E-state index in [1.54, 1.807) is 24.0 Å². The summed E-state index contributed by atoms with van der Waals surface area (Å²) in [5.41, 5.74) is 1.02. The number of halogens is 2. The van der Waals surface area contributed by atoms with Crippen LogP contribution in [0.3, 0.4) is 0 Å².